The maximum atomic E-state index is 12.8. The van der Waals surface area contributed by atoms with Crippen LogP contribution in [0.1, 0.15) is 17.2 Å². The molecule has 1 heterocycles. The molecule has 0 aliphatic carbocycles. The Labute approximate surface area is 100 Å². The molecular formula is C10H8ClF3N2O. The molecule has 0 spiro atoms. The molecule has 1 unspecified atom stereocenters. The Morgan fingerprint density at radius 1 is 1.41 bits per heavy atom. The molecule has 0 aromatic heterocycles. The van der Waals surface area contributed by atoms with Crippen LogP contribution < -0.4 is 5.73 Å². The van der Waals surface area contributed by atoms with Crippen LogP contribution in [0.5, 0.6) is 0 Å². The molecule has 1 aliphatic heterocycles. The van der Waals surface area contributed by atoms with Crippen molar-refractivity contribution in [3.05, 3.63) is 34.3 Å². The van der Waals surface area contributed by atoms with E-state index in [1.54, 1.807) is 0 Å². The number of aliphatic imine (C=N–C) groups is 1. The molecule has 2 rings (SSSR count). The third-order valence-electron chi connectivity index (χ3n) is 2.35. The van der Waals surface area contributed by atoms with Crippen LogP contribution in [0.4, 0.5) is 13.2 Å². The second-order valence-electron chi connectivity index (χ2n) is 3.52. The zero-order valence-corrected chi connectivity index (χ0v) is 9.22. The van der Waals surface area contributed by atoms with Gasteiger partial charge in [-0.1, -0.05) is 11.6 Å². The second-order valence-corrected chi connectivity index (χ2v) is 3.96. The minimum Gasteiger partial charge on any atom is -0.463 e. The summed E-state index contributed by atoms with van der Waals surface area (Å²) in [5.41, 5.74) is 4.48. The van der Waals surface area contributed by atoms with Crippen molar-refractivity contribution in [3.8, 4) is 0 Å². The van der Waals surface area contributed by atoms with E-state index in [-0.39, 0.29) is 23.2 Å². The molecule has 0 saturated carbocycles. The van der Waals surface area contributed by atoms with Crippen molar-refractivity contribution in [2.75, 3.05) is 6.61 Å². The van der Waals surface area contributed by atoms with Gasteiger partial charge in [0.25, 0.3) is 6.02 Å². The average molecular weight is 265 g/mol. The highest BCUT2D eigenvalue weighted by molar-refractivity contribution is 6.30. The molecule has 0 saturated heterocycles. The summed E-state index contributed by atoms with van der Waals surface area (Å²) in [6.45, 7) is -0.00471. The monoisotopic (exact) mass is 264 g/mol. The Kier molecular flexibility index (Phi) is 2.91. The third-order valence-corrected chi connectivity index (χ3v) is 2.59. The SMILES string of the molecule is NC1=NC(c2cc(Cl)ccc2C(F)(F)F)CO1. The maximum absolute atomic E-state index is 12.8. The van der Waals surface area contributed by atoms with Crippen LogP contribution in [0.25, 0.3) is 0 Å². The highest BCUT2D eigenvalue weighted by Crippen LogP contribution is 2.38. The molecule has 3 nitrogen and oxygen atoms in total. The number of nitrogens with zero attached hydrogens (tertiary/aromatic N) is 1. The van der Waals surface area contributed by atoms with Crippen molar-refractivity contribution in [3.63, 3.8) is 0 Å². The van der Waals surface area contributed by atoms with E-state index in [9.17, 15) is 13.2 Å². The Morgan fingerprint density at radius 2 is 2.12 bits per heavy atom. The molecule has 1 atom stereocenters. The summed E-state index contributed by atoms with van der Waals surface area (Å²) in [6, 6.07) is 2.49. The van der Waals surface area contributed by atoms with Gasteiger partial charge in [0, 0.05) is 5.02 Å². The molecule has 7 heteroatoms. The molecule has 0 amide bonds. The topological polar surface area (TPSA) is 47.6 Å². The van der Waals surface area contributed by atoms with Gasteiger partial charge in [-0.3, -0.25) is 0 Å². The first-order valence-electron chi connectivity index (χ1n) is 4.70. The Balaban J connectivity index is 2.48. The lowest BCUT2D eigenvalue weighted by molar-refractivity contribution is -0.138. The number of rotatable bonds is 1. The zero-order chi connectivity index (χ0) is 12.6. The number of alkyl halides is 3. The van der Waals surface area contributed by atoms with Gasteiger partial charge in [0.2, 0.25) is 0 Å². The number of hydrogen-bond acceptors (Lipinski definition) is 3. The summed E-state index contributed by atoms with van der Waals surface area (Å²) in [5.74, 6) is 0. The summed E-state index contributed by atoms with van der Waals surface area (Å²) >= 11 is 5.69. The second kappa shape index (κ2) is 4.10. The lowest BCUT2D eigenvalue weighted by Gasteiger charge is -2.15. The number of hydrogen-bond donors (Lipinski definition) is 1. The van der Waals surface area contributed by atoms with Crippen LogP contribution in [0.3, 0.4) is 0 Å². The molecule has 1 aromatic rings. The standard InChI is InChI=1S/C10H8ClF3N2O/c11-5-1-2-7(10(12,13)14)6(3-5)8-4-17-9(15)16-8/h1-3,8H,4H2,(H2,15,16). The van der Waals surface area contributed by atoms with Gasteiger partial charge in [-0.15, -0.1) is 0 Å². The first-order valence-corrected chi connectivity index (χ1v) is 5.08. The van der Waals surface area contributed by atoms with Crippen molar-refractivity contribution in [2.45, 2.75) is 12.2 Å². The molecular weight excluding hydrogens is 257 g/mol. The number of benzene rings is 1. The summed E-state index contributed by atoms with van der Waals surface area (Å²) < 4.78 is 43.1. The van der Waals surface area contributed by atoms with Crippen LogP contribution in [-0.2, 0) is 10.9 Å². The fourth-order valence-corrected chi connectivity index (χ4v) is 1.80. The van der Waals surface area contributed by atoms with Crippen LogP contribution in [-0.4, -0.2) is 12.6 Å². The number of amidine groups is 1. The van der Waals surface area contributed by atoms with Gasteiger partial charge in [-0.2, -0.15) is 13.2 Å². The van der Waals surface area contributed by atoms with Gasteiger partial charge in [0.15, 0.2) is 0 Å². The number of ether oxygens (including phenoxy) is 1. The summed E-state index contributed by atoms with van der Waals surface area (Å²) in [4.78, 5) is 3.79. The molecule has 0 fully saturated rings. The quantitative estimate of drug-likeness (QED) is 0.848. The van der Waals surface area contributed by atoms with Crippen LogP contribution in [0.2, 0.25) is 5.02 Å². The van der Waals surface area contributed by atoms with Crippen molar-refractivity contribution < 1.29 is 17.9 Å². The van der Waals surface area contributed by atoms with Crippen LogP contribution in [0.15, 0.2) is 23.2 Å². The normalized spacial score (nSPS) is 20.0. The van der Waals surface area contributed by atoms with Crippen LogP contribution in [0, 0.1) is 0 Å². The summed E-state index contributed by atoms with van der Waals surface area (Å²) in [7, 11) is 0. The van der Waals surface area contributed by atoms with Gasteiger partial charge in [-0.05, 0) is 23.8 Å². The molecule has 17 heavy (non-hydrogen) atoms. The largest absolute Gasteiger partial charge is 0.463 e. The van der Waals surface area contributed by atoms with Gasteiger partial charge >= 0.3 is 6.18 Å². The van der Waals surface area contributed by atoms with E-state index in [4.69, 9.17) is 22.1 Å². The summed E-state index contributed by atoms with van der Waals surface area (Å²) in [6.07, 6.45) is -4.45. The average Bonchev–Trinajstić information content (AvgIpc) is 2.62. The van der Waals surface area contributed by atoms with Crippen molar-refractivity contribution in [1.82, 2.24) is 0 Å². The van der Waals surface area contributed by atoms with Gasteiger partial charge in [0.05, 0.1) is 5.56 Å². The van der Waals surface area contributed by atoms with Crippen molar-refractivity contribution in [1.29, 1.82) is 0 Å². The predicted octanol–water partition coefficient (Wildman–Crippen LogP) is 2.74. The number of nitrogens with two attached hydrogens (primary N) is 1. The lowest BCUT2D eigenvalue weighted by atomic mass is 10.0. The molecule has 0 radical (unpaired) electrons. The maximum Gasteiger partial charge on any atom is 0.416 e. The van der Waals surface area contributed by atoms with E-state index in [1.165, 1.54) is 12.1 Å². The fourth-order valence-electron chi connectivity index (χ4n) is 1.62. The van der Waals surface area contributed by atoms with Gasteiger partial charge in [0.1, 0.15) is 12.6 Å². The minimum atomic E-state index is -4.45. The Bertz CT molecular complexity index is 473. The Hall–Kier alpha value is -1.43. The third kappa shape index (κ3) is 2.46. The zero-order valence-electron chi connectivity index (χ0n) is 8.46. The highest BCUT2D eigenvalue weighted by atomic mass is 35.5. The van der Waals surface area contributed by atoms with Gasteiger partial charge < -0.3 is 10.5 Å². The van der Waals surface area contributed by atoms with E-state index < -0.39 is 17.8 Å². The van der Waals surface area contributed by atoms with E-state index in [0.717, 1.165) is 6.07 Å². The first kappa shape index (κ1) is 12.0. The van der Waals surface area contributed by atoms with E-state index >= 15 is 0 Å². The highest BCUT2D eigenvalue weighted by Gasteiger charge is 2.36. The predicted molar refractivity (Wildman–Crippen MR) is 56.8 cm³/mol. The van der Waals surface area contributed by atoms with Crippen molar-refractivity contribution >= 4 is 17.6 Å². The smallest absolute Gasteiger partial charge is 0.416 e. The van der Waals surface area contributed by atoms with E-state index in [2.05, 4.69) is 4.99 Å². The van der Waals surface area contributed by atoms with Crippen molar-refractivity contribution in [2.24, 2.45) is 10.7 Å². The van der Waals surface area contributed by atoms with E-state index in [1.807, 2.05) is 0 Å². The Morgan fingerprint density at radius 3 is 2.65 bits per heavy atom. The summed E-state index contributed by atoms with van der Waals surface area (Å²) in [5, 5.41) is 0.216. The van der Waals surface area contributed by atoms with Gasteiger partial charge in [-0.25, -0.2) is 4.99 Å². The first-order chi connectivity index (χ1) is 7.88. The molecule has 92 valence electrons. The fraction of sp³-hybridized carbons (Fsp3) is 0.300. The lowest BCUT2D eigenvalue weighted by Crippen LogP contribution is -2.12. The van der Waals surface area contributed by atoms with Crippen LogP contribution >= 0.6 is 11.6 Å². The van der Waals surface area contributed by atoms with E-state index in [0.29, 0.717) is 0 Å². The molecule has 1 aromatic carbocycles. The molecule has 2 N–H and O–H groups in total. The minimum absolute atomic E-state index is 0.00471. The molecule has 0 bridgehead atoms. The molecule has 1 aliphatic rings. The number of halogens is 4.